The molecule has 2 rings (SSSR count). The zero-order chi connectivity index (χ0) is 25.6. The molecule has 0 aliphatic heterocycles. The molecular formula is C27H34ClNO6. The molecule has 0 bridgehead atoms. The number of aliphatic hydroxyl groups is 1. The number of unbranched alkanes of at least 4 members (excludes halogenated alkanes) is 2. The SMILES string of the molecule is CCCCOC(=O)C(=O)NC(Cc1ccc(-c2cccc(Cl)c2)cc1)CC(O)C(=O)OCCCC. The third-order valence-electron chi connectivity index (χ3n) is 5.37. The summed E-state index contributed by atoms with van der Waals surface area (Å²) >= 11 is 6.08. The van der Waals surface area contributed by atoms with Crippen molar-refractivity contribution in [3.63, 3.8) is 0 Å². The van der Waals surface area contributed by atoms with Crippen LogP contribution in [0.25, 0.3) is 11.1 Å². The van der Waals surface area contributed by atoms with Crippen LogP contribution in [-0.2, 0) is 30.3 Å². The van der Waals surface area contributed by atoms with Crippen LogP contribution in [0.5, 0.6) is 0 Å². The summed E-state index contributed by atoms with van der Waals surface area (Å²) in [5.41, 5.74) is 2.79. The zero-order valence-electron chi connectivity index (χ0n) is 20.3. The monoisotopic (exact) mass is 503 g/mol. The van der Waals surface area contributed by atoms with Gasteiger partial charge in [-0.05, 0) is 48.1 Å². The Morgan fingerprint density at radius 1 is 0.943 bits per heavy atom. The number of aliphatic hydroxyl groups excluding tert-OH is 1. The fourth-order valence-corrected chi connectivity index (χ4v) is 3.57. The van der Waals surface area contributed by atoms with Crippen molar-refractivity contribution in [2.24, 2.45) is 0 Å². The van der Waals surface area contributed by atoms with Crippen molar-refractivity contribution >= 4 is 29.4 Å². The molecule has 35 heavy (non-hydrogen) atoms. The first-order valence-corrected chi connectivity index (χ1v) is 12.4. The van der Waals surface area contributed by atoms with E-state index in [-0.39, 0.29) is 19.6 Å². The van der Waals surface area contributed by atoms with Crippen molar-refractivity contribution in [1.82, 2.24) is 5.32 Å². The normalized spacial score (nSPS) is 12.5. The van der Waals surface area contributed by atoms with Crippen LogP contribution in [-0.4, -0.2) is 48.3 Å². The van der Waals surface area contributed by atoms with Gasteiger partial charge in [0, 0.05) is 17.5 Å². The van der Waals surface area contributed by atoms with Gasteiger partial charge in [-0.2, -0.15) is 0 Å². The minimum atomic E-state index is -1.43. The zero-order valence-corrected chi connectivity index (χ0v) is 21.1. The van der Waals surface area contributed by atoms with Crippen LogP contribution >= 0.6 is 11.6 Å². The highest BCUT2D eigenvalue weighted by Gasteiger charge is 2.26. The summed E-state index contributed by atoms with van der Waals surface area (Å²) in [7, 11) is 0. The van der Waals surface area contributed by atoms with Gasteiger partial charge in [0.05, 0.1) is 13.2 Å². The van der Waals surface area contributed by atoms with Crippen molar-refractivity contribution in [3.8, 4) is 11.1 Å². The quantitative estimate of drug-likeness (QED) is 0.237. The van der Waals surface area contributed by atoms with Gasteiger partial charge in [-0.3, -0.25) is 4.79 Å². The summed E-state index contributed by atoms with van der Waals surface area (Å²) in [4.78, 5) is 36.5. The molecule has 2 unspecified atom stereocenters. The molecular weight excluding hydrogens is 470 g/mol. The molecule has 2 N–H and O–H groups in total. The van der Waals surface area contributed by atoms with E-state index in [4.69, 9.17) is 21.1 Å². The van der Waals surface area contributed by atoms with Crippen LogP contribution in [0.15, 0.2) is 48.5 Å². The Bertz CT molecular complexity index is 962. The van der Waals surface area contributed by atoms with E-state index in [1.165, 1.54) is 0 Å². The second-order valence-corrected chi connectivity index (χ2v) is 8.78. The van der Waals surface area contributed by atoms with E-state index < -0.39 is 30.0 Å². The van der Waals surface area contributed by atoms with E-state index in [0.717, 1.165) is 29.5 Å². The van der Waals surface area contributed by atoms with E-state index in [2.05, 4.69) is 5.32 Å². The molecule has 8 heteroatoms. The highest BCUT2D eigenvalue weighted by Crippen LogP contribution is 2.23. The lowest BCUT2D eigenvalue weighted by molar-refractivity contribution is -0.156. The number of carbonyl (C=O) groups excluding carboxylic acids is 3. The average Bonchev–Trinajstić information content (AvgIpc) is 2.84. The van der Waals surface area contributed by atoms with E-state index in [1.54, 1.807) is 6.07 Å². The predicted octanol–water partition coefficient (Wildman–Crippen LogP) is 4.47. The number of nitrogens with one attached hydrogen (secondary N) is 1. The van der Waals surface area contributed by atoms with Crippen LogP contribution in [0.3, 0.4) is 0 Å². The Kier molecular flexibility index (Phi) is 12.3. The standard InChI is InChI=1S/C27H34ClNO6/c1-3-5-14-34-26(32)24(30)18-23(29-25(31)27(33)35-15-6-4-2)16-19-10-12-20(13-11-19)21-8-7-9-22(28)17-21/h7-13,17,23-24,30H,3-6,14-16,18H2,1-2H3,(H,29,31). The predicted molar refractivity (Wildman–Crippen MR) is 135 cm³/mol. The molecule has 0 aliphatic carbocycles. The molecule has 1 amide bonds. The summed E-state index contributed by atoms with van der Waals surface area (Å²) < 4.78 is 10.1. The second kappa shape index (κ2) is 15.2. The van der Waals surface area contributed by atoms with Crippen LogP contribution in [0.1, 0.15) is 51.5 Å². The minimum absolute atomic E-state index is 0.102. The molecule has 0 radical (unpaired) electrons. The number of halogens is 1. The second-order valence-electron chi connectivity index (χ2n) is 8.34. The Morgan fingerprint density at radius 3 is 2.23 bits per heavy atom. The summed E-state index contributed by atoms with van der Waals surface area (Å²) in [6, 6.07) is 14.4. The van der Waals surface area contributed by atoms with Gasteiger partial charge in [0.1, 0.15) is 0 Å². The largest absolute Gasteiger partial charge is 0.464 e. The maximum absolute atomic E-state index is 12.4. The van der Waals surface area contributed by atoms with Crippen LogP contribution in [0.4, 0.5) is 0 Å². The highest BCUT2D eigenvalue weighted by molar-refractivity contribution is 6.32. The van der Waals surface area contributed by atoms with Gasteiger partial charge in [0.15, 0.2) is 6.10 Å². The molecule has 0 aliphatic rings. The van der Waals surface area contributed by atoms with Gasteiger partial charge in [0.25, 0.3) is 0 Å². The van der Waals surface area contributed by atoms with Gasteiger partial charge in [-0.25, -0.2) is 9.59 Å². The van der Waals surface area contributed by atoms with Crippen molar-refractivity contribution < 1.29 is 29.0 Å². The van der Waals surface area contributed by atoms with Crippen molar-refractivity contribution in [2.75, 3.05) is 13.2 Å². The molecule has 0 fully saturated rings. The lowest BCUT2D eigenvalue weighted by Gasteiger charge is -2.21. The van der Waals surface area contributed by atoms with E-state index >= 15 is 0 Å². The Morgan fingerprint density at radius 2 is 1.60 bits per heavy atom. The van der Waals surface area contributed by atoms with Crippen LogP contribution < -0.4 is 5.32 Å². The van der Waals surface area contributed by atoms with Gasteiger partial charge in [-0.15, -0.1) is 0 Å². The first-order valence-electron chi connectivity index (χ1n) is 12.0. The van der Waals surface area contributed by atoms with E-state index in [0.29, 0.717) is 24.3 Å². The summed E-state index contributed by atoms with van der Waals surface area (Å²) in [6.07, 6.45) is 1.80. The summed E-state index contributed by atoms with van der Waals surface area (Å²) in [6.45, 7) is 4.29. The maximum atomic E-state index is 12.4. The maximum Gasteiger partial charge on any atom is 0.396 e. The number of hydrogen-bond acceptors (Lipinski definition) is 6. The lowest BCUT2D eigenvalue weighted by atomic mass is 9.98. The first kappa shape index (κ1) is 28.3. The van der Waals surface area contributed by atoms with E-state index in [1.807, 2.05) is 56.3 Å². The number of hydrogen-bond donors (Lipinski definition) is 2. The van der Waals surface area contributed by atoms with Crippen molar-refractivity contribution in [3.05, 3.63) is 59.1 Å². The molecule has 0 saturated heterocycles. The molecule has 190 valence electrons. The van der Waals surface area contributed by atoms with Gasteiger partial charge in [0.2, 0.25) is 0 Å². The molecule has 7 nitrogen and oxygen atoms in total. The number of rotatable bonds is 13. The summed E-state index contributed by atoms with van der Waals surface area (Å²) in [5, 5.41) is 13.6. The van der Waals surface area contributed by atoms with Crippen molar-refractivity contribution in [2.45, 2.75) is 64.5 Å². The number of amides is 1. The number of esters is 2. The smallest absolute Gasteiger partial charge is 0.396 e. The van der Waals surface area contributed by atoms with Crippen LogP contribution in [0, 0.1) is 0 Å². The molecule has 0 saturated carbocycles. The van der Waals surface area contributed by atoms with Crippen molar-refractivity contribution in [1.29, 1.82) is 0 Å². The third kappa shape index (κ3) is 10.1. The Hall–Kier alpha value is -2.90. The lowest BCUT2D eigenvalue weighted by Crippen LogP contribution is -2.44. The Labute approximate surface area is 211 Å². The van der Waals surface area contributed by atoms with Gasteiger partial charge >= 0.3 is 17.8 Å². The highest BCUT2D eigenvalue weighted by atomic mass is 35.5. The fraction of sp³-hybridized carbons (Fsp3) is 0.444. The topological polar surface area (TPSA) is 102 Å². The van der Waals surface area contributed by atoms with Gasteiger partial charge < -0.3 is 19.9 Å². The molecule has 2 atom stereocenters. The number of carbonyl (C=O) groups is 3. The molecule has 0 spiro atoms. The van der Waals surface area contributed by atoms with E-state index in [9.17, 15) is 19.5 Å². The molecule has 0 heterocycles. The van der Waals surface area contributed by atoms with Crippen LogP contribution in [0.2, 0.25) is 5.02 Å². The number of benzene rings is 2. The Balaban J connectivity index is 2.09. The average molecular weight is 504 g/mol. The minimum Gasteiger partial charge on any atom is -0.464 e. The molecule has 2 aromatic carbocycles. The number of ether oxygens (including phenoxy) is 2. The summed E-state index contributed by atoms with van der Waals surface area (Å²) in [5.74, 6) is -2.65. The van der Waals surface area contributed by atoms with Gasteiger partial charge in [-0.1, -0.05) is 74.7 Å². The molecule has 2 aromatic rings. The first-order chi connectivity index (χ1) is 16.8. The molecule has 0 aromatic heterocycles. The fourth-order valence-electron chi connectivity index (χ4n) is 3.38. The third-order valence-corrected chi connectivity index (χ3v) is 5.60.